The molecule has 2 aromatic carbocycles. The Morgan fingerprint density at radius 1 is 1.19 bits per heavy atom. The van der Waals surface area contributed by atoms with Crippen LogP contribution in [0, 0.1) is 12.7 Å². The Bertz CT molecular complexity index is 906. The summed E-state index contributed by atoms with van der Waals surface area (Å²) < 4.78 is 14.8. The second kappa shape index (κ2) is 8.14. The number of hydrogen-bond donors (Lipinski definition) is 1. The molecular weight excluding hydrogens is 343 g/mol. The predicted molar refractivity (Wildman–Crippen MR) is 104 cm³/mol. The molecule has 1 amide bonds. The summed E-state index contributed by atoms with van der Waals surface area (Å²) in [6.45, 7) is 4.15. The minimum absolute atomic E-state index is 0.112. The number of aromatic nitrogens is 2. The van der Waals surface area contributed by atoms with Crippen LogP contribution in [0.5, 0.6) is 0 Å². The number of nitrogens with zero attached hydrogens (tertiary/aromatic N) is 3. The largest absolute Gasteiger partial charge is 0.309 e. The normalized spacial score (nSPS) is 12.2. The van der Waals surface area contributed by atoms with Gasteiger partial charge in [-0.25, -0.2) is 9.07 Å². The Balaban J connectivity index is 1.70. The first kappa shape index (κ1) is 18.8. The smallest absolute Gasteiger partial charge is 0.239 e. The van der Waals surface area contributed by atoms with Gasteiger partial charge in [0.1, 0.15) is 11.6 Å². The van der Waals surface area contributed by atoms with Crippen LogP contribution >= 0.6 is 0 Å². The zero-order chi connectivity index (χ0) is 19.4. The van der Waals surface area contributed by atoms with Crippen molar-refractivity contribution in [2.24, 2.45) is 0 Å². The lowest BCUT2D eigenvalue weighted by atomic mass is 10.1. The highest BCUT2D eigenvalue weighted by atomic mass is 19.1. The molecule has 0 unspecified atom stereocenters. The van der Waals surface area contributed by atoms with Crippen LogP contribution in [0.4, 0.5) is 10.2 Å². The molecule has 0 aliphatic carbocycles. The molecule has 1 aromatic heterocycles. The van der Waals surface area contributed by atoms with Gasteiger partial charge in [-0.1, -0.05) is 30.3 Å². The average molecular weight is 366 g/mol. The van der Waals surface area contributed by atoms with Gasteiger partial charge in [0.15, 0.2) is 0 Å². The second-order valence-corrected chi connectivity index (χ2v) is 6.61. The second-order valence-electron chi connectivity index (χ2n) is 6.61. The van der Waals surface area contributed by atoms with Crippen LogP contribution in [0.15, 0.2) is 60.7 Å². The molecule has 0 saturated carbocycles. The number of nitrogens with one attached hydrogen (secondary N) is 1. The van der Waals surface area contributed by atoms with Gasteiger partial charge in [0.25, 0.3) is 0 Å². The van der Waals surface area contributed by atoms with Crippen LogP contribution in [-0.4, -0.2) is 34.2 Å². The first-order chi connectivity index (χ1) is 12.9. The standard InChI is InChI=1S/C21H23FN4O/c1-15-13-20(26(24-15)19-11-9-18(22)10-12-19)23-21(27)14-25(3)16(2)17-7-5-4-6-8-17/h4-13,16H,14H2,1-3H3,(H,23,27)/t16-/m1/s1. The van der Waals surface area contributed by atoms with E-state index in [0.29, 0.717) is 11.5 Å². The summed E-state index contributed by atoms with van der Waals surface area (Å²) in [6, 6.07) is 17.9. The number of carbonyl (C=O) groups is 1. The molecule has 0 bridgehead atoms. The maximum absolute atomic E-state index is 13.2. The molecule has 140 valence electrons. The topological polar surface area (TPSA) is 50.2 Å². The van der Waals surface area contributed by atoms with Gasteiger partial charge in [-0.15, -0.1) is 0 Å². The summed E-state index contributed by atoms with van der Waals surface area (Å²) in [5.41, 5.74) is 2.60. The highest BCUT2D eigenvalue weighted by Crippen LogP contribution is 2.20. The third kappa shape index (κ3) is 4.60. The summed E-state index contributed by atoms with van der Waals surface area (Å²) in [5.74, 6) is 0.109. The van der Waals surface area contributed by atoms with Gasteiger partial charge in [0.05, 0.1) is 17.9 Å². The monoisotopic (exact) mass is 366 g/mol. The maximum Gasteiger partial charge on any atom is 0.239 e. The van der Waals surface area contributed by atoms with E-state index < -0.39 is 0 Å². The van der Waals surface area contributed by atoms with Crippen LogP contribution in [0.25, 0.3) is 5.69 Å². The number of carbonyl (C=O) groups excluding carboxylic acids is 1. The fourth-order valence-corrected chi connectivity index (χ4v) is 2.90. The van der Waals surface area contributed by atoms with E-state index in [9.17, 15) is 9.18 Å². The summed E-state index contributed by atoms with van der Waals surface area (Å²) in [4.78, 5) is 14.5. The number of benzene rings is 2. The van der Waals surface area contributed by atoms with Crippen LogP contribution in [0.1, 0.15) is 24.2 Å². The number of aryl methyl sites for hydroxylation is 1. The van der Waals surface area contributed by atoms with E-state index in [1.807, 2.05) is 49.2 Å². The van der Waals surface area contributed by atoms with Crippen LogP contribution in [-0.2, 0) is 4.79 Å². The lowest BCUT2D eigenvalue weighted by Crippen LogP contribution is -2.32. The van der Waals surface area contributed by atoms with Crippen LogP contribution in [0.2, 0.25) is 0 Å². The molecule has 0 spiro atoms. The van der Waals surface area contributed by atoms with E-state index in [2.05, 4.69) is 17.3 Å². The van der Waals surface area contributed by atoms with Crippen molar-refractivity contribution in [3.8, 4) is 5.69 Å². The summed E-state index contributed by atoms with van der Waals surface area (Å²) >= 11 is 0. The van der Waals surface area contributed by atoms with Crippen molar-refractivity contribution in [2.45, 2.75) is 19.9 Å². The van der Waals surface area contributed by atoms with Crippen molar-refractivity contribution >= 4 is 11.7 Å². The fourth-order valence-electron chi connectivity index (χ4n) is 2.90. The zero-order valence-corrected chi connectivity index (χ0v) is 15.7. The van der Waals surface area contributed by atoms with Crippen molar-refractivity contribution in [1.29, 1.82) is 0 Å². The lowest BCUT2D eigenvalue weighted by molar-refractivity contribution is -0.117. The highest BCUT2D eigenvalue weighted by molar-refractivity contribution is 5.91. The van der Waals surface area contributed by atoms with Crippen molar-refractivity contribution in [3.05, 3.63) is 77.7 Å². The molecule has 0 radical (unpaired) electrons. The minimum atomic E-state index is -0.315. The molecular formula is C21H23FN4O. The fraction of sp³-hybridized carbons (Fsp3) is 0.238. The lowest BCUT2D eigenvalue weighted by Gasteiger charge is -2.24. The van der Waals surface area contributed by atoms with E-state index in [1.165, 1.54) is 12.1 Å². The molecule has 1 heterocycles. The average Bonchev–Trinajstić information content (AvgIpc) is 3.02. The molecule has 0 aliphatic heterocycles. The van der Waals surface area contributed by atoms with Gasteiger partial charge in [-0.05, 0) is 50.7 Å². The Morgan fingerprint density at radius 3 is 2.52 bits per heavy atom. The Kier molecular flexibility index (Phi) is 5.66. The van der Waals surface area contributed by atoms with Gasteiger partial charge in [-0.2, -0.15) is 5.10 Å². The van der Waals surface area contributed by atoms with Gasteiger partial charge in [-0.3, -0.25) is 9.69 Å². The highest BCUT2D eigenvalue weighted by Gasteiger charge is 2.16. The van der Waals surface area contributed by atoms with Crippen molar-refractivity contribution in [3.63, 3.8) is 0 Å². The minimum Gasteiger partial charge on any atom is -0.309 e. The molecule has 0 saturated heterocycles. The van der Waals surface area contributed by atoms with Crippen molar-refractivity contribution < 1.29 is 9.18 Å². The molecule has 0 fully saturated rings. The first-order valence-electron chi connectivity index (χ1n) is 8.81. The van der Waals surface area contributed by atoms with Gasteiger partial charge in [0, 0.05) is 12.1 Å². The van der Waals surface area contributed by atoms with Crippen molar-refractivity contribution in [1.82, 2.24) is 14.7 Å². The van der Waals surface area contributed by atoms with Gasteiger partial charge < -0.3 is 5.32 Å². The van der Waals surface area contributed by atoms with Crippen LogP contribution < -0.4 is 5.32 Å². The molecule has 27 heavy (non-hydrogen) atoms. The zero-order valence-electron chi connectivity index (χ0n) is 15.7. The Labute approximate surface area is 158 Å². The van der Waals surface area contributed by atoms with E-state index in [4.69, 9.17) is 0 Å². The molecule has 1 atom stereocenters. The van der Waals surface area contributed by atoms with E-state index in [-0.39, 0.29) is 24.3 Å². The molecule has 5 nitrogen and oxygen atoms in total. The van der Waals surface area contributed by atoms with E-state index in [0.717, 1.165) is 11.3 Å². The van der Waals surface area contributed by atoms with Crippen molar-refractivity contribution in [2.75, 3.05) is 18.9 Å². The predicted octanol–water partition coefficient (Wildman–Crippen LogP) is 3.95. The molecule has 6 heteroatoms. The molecule has 1 N–H and O–H groups in total. The number of anilines is 1. The summed E-state index contributed by atoms with van der Waals surface area (Å²) in [7, 11) is 1.92. The molecule has 0 aliphatic rings. The van der Waals surface area contributed by atoms with Gasteiger partial charge >= 0.3 is 0 Å². The Hall–Kier alpha value is -2.99. The molecule has 3 rings (SSSR count). The summed E-state index contributed by atoms with van der Waals surface area (Å²) in [6.07, 6.45) is 0. The number of halogens is 1. The number of hydrogen-bond acceptors (Lipinski definition) is 3. The number of likely N-dealkylation sites (N-methyl/N-ethyl adjacent to an activating group) is 1. The SMILES string of the molecule is Cc1cc(NC(=O)CN(C)[C@H](C)c2ccccc2)n(-c2ccc(F)cc2)n1. The maximum atomic E-state index is 13.2. The third-order valence-corrected chi connectivity index (χ3v) is 4.51. The number of amides is 1. The van der Waals surface area contributed by atoms with Gasteiger partial charge in [0.2, 0.25) is 5.91 Å². The summed E-state index contributed by atoms with van der Waals surface area (Å²) in [5, 5.41) is 7.30. The number of rotatable bonds is 6. The first-order valence-corrected chi connectivity index (χ1v) is 8.81. The van der Waals surface area contributed by atoms with E-state index >= 15 is 0 Å². The molecule has 3 aromatic rings. The quantitative estimate of drug-likeness (QED) is 0.719. The van der Waals surface area contributed by atoms with E-state index in [1.54, 1.807) is 22.9 Å². The van der Waals surface area contributed by atoms with Crippen LogP contribution in [0.3, 0.4) is 0 Å². The Morgan fingerprint density at radius 2 is 1.85 bits per heavy atom. The third-order valence-electron chi connectivity index (χ3n) is 4.51.